The van der Waals surface area contributed by atoms with Crippen LogP contribution in [0.3, 0.4) is 0 Å². The zero-order chi connectivity index (χ0) is 14.0. The average molecular weight is 316 g/mol. The molecule has 0 spiro atoms. The molecule has 0 saturated carbocycles. The van der Waals surface area contributed by atoms with Gasteiger partial charge in [0.1, 0.15) is 5.75 Å². The molecule has 20 heavy (non-hydrogen) atoms. The number of ether oxygens (including phenoxy) is 2. The Balaban J connectivity index is 1.75. The van der Waals surface area contributed by atoms with Crippen molar-refractivity contribution in [1.29, 1.82) is 0 Å². The van der Waals surface area contributed by atoms with Crippen LogP contribution >= 0.6 is 23.2 Å². The third-order valence-electron chi connectivity index (χ3n) is 4.18. The van der Waals surface area contributed by atoms with E-state index in [0.29, 0.717) is 5.88 Å². The monoisotopic (exact) mass is 315 g/mol. The molecule has 0 bridgehead atoms. The molecule has 0 unspecified atom stereocenters. The van der Waals surface area contributed by atoms with Crippen LogP contribution in [0.1, 0.15) is 24.0 Å². The second-order valence-electron chi connectivity index (χ2n) is 5.53. The first kappa shape index (κ1) is 14.5. The SMILES string of the molecule is ClCC1(NCc2cc(Cl)cc3c2OCC3)CCOCC1. The lowest BCUT2D eigenvalue weighted by molar-refractivity contribution is 0.0458. The van der Waals surface area contributed by atoms with Crippen molar-refractivity contribution >= 4 is 23.2 Å². The molecule has 3 rings (SSSR count). The van der Waals surface area contributed by atoms with E-state index < -0.39 is 0 Å². The number of nitrogens with one attached hydrogen (secondary N) is 1. The molecule has 1 N–H and O–H groups in total. The van der Waals surface area contributed by atoms with E-state index in [0.717, 1.165) is 62.0 Å². The maximum Gasteiger partial charge on any atom is 0.127 e. The van der Waals surface area contributed by atoms with Gasteiger partial charge in [0.15, 0.2) is 0 Å². The van der Waals surface area contributed by atoms with Crippen molar-refractivity contribution in [1.82, 2.24) is 5.32 Å². The van der Waals surface area contributed by atoms with Gasteiger partial charge in [-0.05, 0) is 30.5 Å². The van der Waals surface area contributed by atoms with Crippen LogP contribution in [0, 0.1) is 0 Å². The Kier molecular flexibility index (Phi) is 4.41. The molecule has 0 aliphatic carbocycles. The Morgan fingerprint density at radius 3 is 2.75 bits per heavy atom. The number of rotatable bonds is 4. The van der Waals surface area contributed by atoms with Crippen LogP contribution in [0.2, 0.25) is 5.02 Å². The summed E-state index contributed by atoms with van der Waals surface area (Å²) >= 11 is 12.4. The molecule has 0 radical (unpaired) electrons. The molecule has 0 atom stereocenters. The molecule has 1 saturated heterocycles. The fourth-order valence-corrected chi connectivity index (χ4v) is 3.51. The fourth-order valence-electron chi connectivity index (χ4n) is 2.88. The van der Waals surface area contributed by atoms with Crippen molar-refractivity contribution in [2.75, 3.05) is 25.7 Å². The van der Waals surface area contributed by atoms with Crippen molar-refractivity contribution in [2.24, 2.45) is 0 Å². The summed E-state index contributed by atoms with van der Waals surface area (Å²) in [5.74, 6) is 1.60. The van der Waals surface area contributed by atoms with E-state index >= 15 is 0 Å². The normalized spacial score (nSPS) is 20.5. The van der Waals surface area contributed by atoms with E-state index in [2.05, 4.69) is 5.32 Å². The van der Waals surface area contributed by atoms with Gasteiger partial charge in [0, 0.05) is 48.2 Å². The highest BCUT2D eigenvalue weighted by atomic mass is 35.5. The number of benzene rings is 1. The highest BCUT2D eigenvalue weighted by molar-refractivity contribution is 6.30. The summed E-state index contributed by atoms with van der Waals surface area (Å²) < 4.78 is 11.2. The maximum atomic E-state index is 6.19. The Hall–Kier alpha value is -0.480. The standard InChI is InChI=1S/C15H19Cl2NO2/c16-10-15(2-5-19-6-3-15)18-9-12-8-13(17)7-11-1-4-20-14(11)12/h7-8,18H,1-6,9-10H2. The summed E-state index contributed by atoms with van der Waals surface area (Å²) in [5.41, 5.74) is 2.30. The lowest BCUT2D eigenvalue weighted by Crippen LogP contribution is -2.50. The Morgan fingerprint density at radius 2 is 2.00 bits per heavy atom. The van der Waals surface area contributed by atoms with Gasteiger partial charge < -0.3 is 14.8 Å². The molecule has 2 aliphatic rings. The number of hydrogen-bond acceptors (Lipinski definition) is 3. The van der Waals surface area contributed by atoms with Gasteiger partial charge in [0.2, 0.25) is 0 Å². The largest absolute Gasteiger partial charge is 0.493 e. The highest BCUT2D eigenvalue weighted by Crippen LogP contribution is 2.33. The van der Waals surface area contributed by atoms with Crippen LogP contribution < -0.4 is 10.1 Å². The van der Waals surface area contributed by atoms with Gasteiger partial charge in [0.25, 0.3) is 0 Å². The van der Waals surface area contributed by atoms with Crippen molar-refractivity contribution in [3.63, 3.8) is 0 Å². The van der Waals surface area contributed by atoms with Crippen LogP contribution in [-0.2, 0) is 17.7 Å². The summed E-state index contributed by atoms with van der Waals surface area (Å²) in [6, 6.07) is 3.99. The van der Waals surface area contributed by atoms with Crippen molar-refractivity contribution in [2.45, 2.75) is 31.3 Å². The minimum Gasteiger partial charge on any atom is -0.493 e. The van der Waals surface area contributed by atoms with Crippen LogP contribution in [0.25, 0.3) is 0 Å². The summed E-state index contributed by atoms with van der Waals surface area (Å²) in [5, 5.41) is 4.38. The molecule has 1 fully saturated rings. The Labute approximate surface area is 129 Å². The first-order chi connectivity index (χ1) is 9.72. The summed E-state index contributed by atoms with van der Waals surface area (Å²) in [4.78, 5) is 0. The summed E-state index contributed by atoms with van der Waals surface area (Å²) in [7, 11) is 0. The summed E-state index contributed by atoms with van der Waals surface area (Å²) in [6.45, 7) is 3.01. The van der Waals surface area contributed by atoms with Crippen LogP contribution in [0.5, 0.6) is 5.75 Å². The van der Waals surface area contributed by atoms with Crippen molar-refractivity contribution < 1.29 is 9.47 Å². The first-order valence-corrected chi connectivity index (χ1v) is 7.96. The maximum absolute atomic E-state index is 6.19. The molecular weight excluding hydrogens is 297 g/mol. The van der Waals surface area contributed by atoms with E-state index in [4.69, 9.17) is 32.7 Å². The van der Waals surface area contributed by atoms with E-state index in [-0.39, 0.29) is 5.54 Å². The van der Waals surface area contributed by atoms with Gasteiger partial charge >= 0.3 is 0 Å². The quantitative estimate of drug-likeness (QED) is 0.866. The number of fused-ring (bicyclic) bond motifs is 1. The molecular formula is C15H19Cl2NO2. The minimum atomic E-state index is -0.0341. The Bertz CT molecular complexity index is 487. The van der Waals surface area contributed by atoms with E-state index in [1.54, 1.807) is 0 Å². The van der Waals surface area contributed by atoms with Crippen molar-refractivity contribution in [3.05, 3.63) is 28.3 Å². The van der Waals surface area contributed by atoms with Gasteiger partial charge in [0.05, 0.1) is 6.61 Å². The van der Waals surface area contributed by atoms with Gasteiger partial charge in [-0.3, -0.25) is 0 Å². The average Bonchev–Trinajstić information content (AvgIpc) is 2.94. The zero-order valence-electron chi connectivity index (χ0n) is 11.4. The smallest absolute Gasteiger partial charge is 0.127 e. The molecule has 1 aromatic carbocycles. The number of alkyl halides is 1. The second-order valence-corrected chi connectivity index (χ2v) is 6.24. The molecule has 2 aliphatic heterocycles. The predicted octanol–water partition coefficient (Wildman–Crippen LogP) is 3.15. The molecule has 110 valence electrons. The lowest BCUT2D eigenvalue weighted by atomic mass is 9.92. The molecule has 0 aromatic heterocycles. The molecule has 5 heteroatoms. The third-order valence-corrected chi connectivity index (χ3v) is 4.91. The summed E-state index contributed by atoms with van der Waals surface area (Å²) in [6.07, 6.45) is 2.83. The van der Waals surface area contributed by atoms with Gasteiger partial charge in [-0.25, -0.2) is 0 Å². The van der Waals surface area contributed by atoms with Crippen LogP contribution in [0.4, 0.5) is 0 Å². The van der Waals surface area contributed by atoms with Gasteiger partial charge in [-0.15, -0.1) is 11.6 Å². The molecule has 0 amide bonds. The molecule has 2 heterocycles. The zero-order valence-corrected chi connectivity index (χ0v) is 12.9. The predicted molar refractivity (Wildman–Crippen MR) is 81.0 cm³/mol. The van der Waals surface area contributed by atoms with Crippen LogP contribution in [0.15, 0.2) is 12.1 Å². The lowest BCUT2D eigenvalue weighted by Gasteiger charge is -2.36. The fraction of sp³-hybridized carbons (Fsp3) is 0.600. The minimum absolute atomic E-state index is 0.0341. The molecule has 1 aromatic rings. The highest BCUT2D eigenvalue weighted by Gasteiger charge is 2.31. The van der Waals surface area contributed by atoms with E-state index in [1.807, 2.05) is 12.1 Å². The first-order valence-electron chi connectivity index (χ1n) is 7.05. The second kappa shape index (κ2) is 6.10. The molecule has 3 nitrogen and oxygen atoms in total. The van der Waals surface area contributed by atoms with Crippen molar-refractivity contribution in [3.8, 4) is 5.75 Å². The van der Waals surface area contributed by atoms with Gasteiger partial charge in [-0.1, -0.05) is 11.6 Å². The van der Waals surface area contributed by atoms with Gasteiger partial charge in [-0.2, -0.15) is 0 Å². The number of hydrogen-bond donors (Lipinski definition) is 1. The number of halogens is 2. The van der Waals surface area contributed by atoms with Crippen LogP contribution in [-0.4, -0.2) is 31.2 Å². The van der Waals surface area contributed by atoms with E-state index in [1.165, 1.54) is 5.56 Å². The topological polar surface area (TPSA) is 30.5 Å². The third kappa shape index (κ3) is 2.91. The van der Waals surface area contributed by atoms with E-state index in [9.17, 15) is 0 Å². The Morgan fingerprint density at radius 1 is 1.20 bits per heavy atom.